The molecule has 6 nitrogen and oxygen atoms in total. The van der Waals surface area contributed by atoms with Crippen molar-refractivity contribution in [3.63, 3.8) is 0 Å². The number of amides is 1. The van der Waals surface area contributed by atoms with Gasteiger partial charge in [0.05, 0.1) is 12.2 Å². The van der Waals surface area contributed by atoms with Crippen molar-refractivity contribution in [1.29, 1.82) is 0 Å². The van der Waals surface area contributed by atoms with Gasteiger partial charge < -0.3 is 14.6 Å². The number of ketones is 1. The Hall–Kier alpha value is -1.82. The number of hydrogen-bond acceptors (Lipinski definition) is 4. The van der Waals surface area contributed by atoms with E-state index in [1.165, 1.54) is 0 Å². The maximum Gasteiger partial charge on any atom is 0.410 e. The number of aromatic amines is 1. The largest absolute Gasteiger partial charge is 0.444 e. The van der Waals surface area contributed by atoms with Gasteiger partial charge in [0.1, 0.15) is 5.60 Å². The number of hydrogen-bond donors (Lipinski definition) is 1. The molecule has 2 heterocycles. The lowest BCUT2D eigenvalue weighted by Crippen LogP contribution is -2.51. The molecule has 1 aliphatic heterocycles. The first kappa shape index (κ1) is 15.6. The Morgan fingerprint density at radius 2 is 1.90 bits per heavy atom. The molecule has 1 saturated heterocycles. The van der Waals surface area contributed by atoms with Gasteiger partial charge in [-0.3, -0.25) is 9.69 Å². The Balaban J connectivity index is 1.78. The highest BCUT2D eigenvalue weighted by Crippen LogP contribution is 2.12. The highest BCUT2D eigenvalue weighted by molar-refractivity contribution is 5.95. The van der Waals surface area contributed by atoms with E-state index in [1.807, 2.05) is 26.8 Å². The molecule has 0 spiro atoms. The summed E-state index contributed by atoms with van der Waals surface area (Å²) in [5, 5.41) is 0. The van der Waals surface area contributed by atoms with Crippen LogP contribution in [0.2, 0.25) is 0 Å². The van der Waals surface area contributed by atoms with Gasteiger partial charge in [-0.05, 0) is 32.9 Å². The highest BCUT2D eigenvalue weighted by Gasteiger charge is 2.26. The molecule has 1 N–H and O–H groups in total. The fraction of sp³-hybridized carbons (Fsp3) is 0.600. The number of ether oxygens (including phenoxy) is 1. The molecule has 1 aliphatic rings. The fourth-order valence-corrected chi connectivity index (χ4v) is 2.21. The van der Waals surface area contributed by atoms with Crippen LogP contribution in [0.25, 0.3) is 0 Å². The lowest BCUT2D eigenvalue weighted by Gasteiger charge is -2.35. The summed E-state index contributed by atoms with van der Waals surface area (Å²) in [6, 6.07) is 3.59. The normalized spacial score (nSPS) is 16.8. The van der Waals surface area contributed by atoms with Crippen LogP contribution in [-0.2, 0) is 4.74 Å². The second kappa shape index (κ2) is 6.30. The maximum atomic E-state index is 12.0. The molecule has 0 aromatic carbocycles. The van der Waals surface area contributed by atoms with Crippen molar-refractivity contribution < 1.29 is 14.3 Å². The van der Waals surface area contributed by atoms with Crippen LogP contribution in [0.15, 0.2) is 18.3 Å². The first-order valence-corrected chi connectivity index (χ1v) is 7.22. The number of aromatic nitrogens is 1. The summed E-state index contributed by atoms with van der Waals surface area (Å²) in [7, 11) is 0. The number of rotatable bonds is 3. The van der Waals surface area contributed by atoms with E-state index >= 15 is 0 Å². The van der Waals surface area contributed by atoms with Gasteiger partial charge in [0, 0.05) is 32.4 Å². The Morgan fingerprint density at radius 1 is 1.24 bits per heavy atom. The van der Waals surface area contributed by atoms with E-state index in [0.717, 1.165) is 0 Å². The number of nitrogens with one attached hydrogen (secondary N) is 1. The zero-order chi connectivity index (χ0) is 15.5. The quantitative estimate of drug-likeness (QED) is 0.862. The number of carbonyl (C=O) groups excluding carboxylic acids is 2. The number of nitrogens with zero attached hydrogens (tertiary/aromatic N) is 2. The van der Waals surface area contributed by atoms with Crippen molar-refractivity contribution in [2.45, 2.75) is 26.4 Å². The monoisotopic (exact) mass is 293 g/mol. The molecule has 0 unspecified atom stereocenters. The summed E-state index contributed by atoms with van der Waals surface area (Å²) in [4.78, 5) is 30.6. The second-order valence-electron chi connectivity index (χ2n) is 6.25. The SMILES string of the molecule is CC(C)(C)OC(=O)N1CCN(CC(=O)c2ccc[nH]2)CC1. The molecule has 0 bridgehead atoms. The predicted molar refractivity (Wildman–Crippen MR) is 79.4 cm³/mol. The van der Waals surface area contributed by atoms with Crippen LogP contribution in [0.1, 0.15) is 31.3 Å². The number of H-pyrrole nitrogens is 1. The first-order valence-electron chi connectivity index (χ1n) is 7.22. The Bertz CT molecular complexity index is 483. The summed E-state index contributed by atoms with van der Waals surface area (Å²) in [6.45, 7) is 8.50. The molecule has 6 heteroatoms. The van der Waals surface area contributed by atoms with Gasteiger partial charge >= 0.3 is 6.09 Å². The van der Waals surface area contributed by atoms with Crippen molar-refractivity contribution in [3.05, 3.63) is 24.0 Å². The van der Waals surface area contributed by atoms with Gasteiger partial charge in [-0.2, -0.15) is 0 Å². The third kappa shape index (κ3) is 4.60. The van der Waals surface area contributed by atoms with Gasteiger partial charge in [-0.15, -0.1) is 0 Å². The molecular weight excluding hydrogens is 270 g/mol. The summed E-state index contributed by atoms with van der Waals surface area (Å²) >= 11 is 0. The summed E-state index contributed by atoms with van der Waals surface area (Å²) in [5.41, 5.74) is 0.155. The molecule has 0 saturated carbocycles. The van der Waals surface area contributed by atoms with Gasteiger partial charge in [-0.1, -0.05) is 0 Å². The molecule has 0 atom stereocenters. The summed E-state index contributed by atoms with van der Waals surface area (Å²) in [6.07, 6.45) is 1.46. The predicted octanol–water partition coefficient (Wildman–Crippen LogP) is 1.75. The van der Waals surface area contributed by atoms with E-state index in [0.29, 0.717) is 38.4 Å². The lowest BCUT2D eigenvalue weighted by molar-refractivity contribution is 0.0149. The van der Waals surface area contributed by atoms with Gasteiger partial charge in [0.15, 0.2) is 5.78 Å². The number of carbonyl (C=O) groups is 2. The van der Waals surface area contributed by atoms with Crippen LogP contribution in [0.4, 0.5) is 4.79 Å². The standard InChI is InChI=1S/C15H23N3O3/c1-15(2,3)21-14(20)18-9-7-17(8-10-18)11-13(19)12-5-4-6-16-12/h4-6,16H,7-11H2,1-3H3. The summed E-state index contributed by atoms with van der Waals surface area (Å²) < 4.78 is 5.35. The molecule has 116 valence electrons. The van der Waals surface area contributed by atoms with Crippen molar-refractivity contribution in [2.24, 2.45) is 0 Å². The molecule has 21 heavy (non-hydrogen) atoms. The third-order valence-electron chi connectivity index (χ3n) is 3.29. The minimum absolute atomic E-state index is 0.0747. The molecule has 2 rings (SSSR count). The fourth-order valence-electron chi connectivity index (χ4n) is 2.21. The molecule has 1 aromatic rings. The smallest absolute Gasteiger partial charge is 0.410 e. The van der Waals surface area contributed by atoms with Gasteiger partial charge in [-0.25, -0.2) is 4.79 Å². The lowest BCUT2D eigenvalue weighted by atomic mass is 10.2. The van der Waals surface area contributed by atoms with E-state index in [-0.39, 0.29) is 11.9 Å². The average Bonchev–Trinajstić information content (AvgIpc) is 2.91. The van der Waals surface area contributed by atoms with Crippen LogP contribution in [0, 0.1) is 0 Å². The highest BCUT2D eigenvalue weighted by atomic mass is 16.6. The first-order chi connectivity index (χ1) is 9.85. The van der Waals surface area contributed by atoms with E-state index < -0.39 is 5.60 Å². The topological polar surface area (TPSA) is 65.6 Å². The third-order valence-corrected chi connectivity index (χ3v) is 3.29. The van der Waals surface area contributed by atoms with Crippen LogP contribution in [0.3, 0.4) is 0 Å². The zero-order valence-corrected chi connectivity index (χ0v) is 12.9. The van der Waals surface area contributed by atoms with Crippen molar-refractivity contribution in [2.75, 3.05) is 32.7 Å². The van der Waals surface area contributed by atoms with E-state index in [1.54, 1.807) is 17.2 Å². The molecule has 1 fully saturated rings. The molecular formula is C15H23N3O3. The summed E-state index contributed by atoms with van der Waals surface area (Å²) in [5.74, 6) is 0.0747. The maximum absolute atomic E-state index is 12.0. The van der Waals surface area contributed by atoms with Crippen LogP contribution in [0.5, 0.6) is 0 Å². The molecule has 0 radical (unpaired) electrons. The van der Waals surface area contributed by atoms with Gasteiger partial charge in [0.2, 0.25) is 0 Å². The average molecular weight is 293 g/mol. The Labute approximate surface area is 125 Å². The zero-order valence-electron chi connectivity index (χ0n) is 12.9. The minimum Gasteiger partial charge on any atom is -0.444 e. The minimum atomic E-state index is -0.474. The van der Waals surface area contributed by atoms with Gasteiger partial charge in [0.25, 0.3) is 0 Å². The number of Topliss-reactive ketones (excluding diaryl/α,β-unsaturated/α-hetero) is 1. The van der Waals surface area contributed by atoms with E-state index in [4.69, 9.17) is 4.74 Å². The van der Waals surface area contributed by atoms with E-state index in [2.05, 4.69) is 9.88 Å². The second-order valence-corrected chi connectivity index (χ2v) is 6.25. The number of piperazine rings is 1. The van der Waals surface area contributed by atoms with Crippen molar-refractivity contribution in [1.82, 2.24) is 14.8 Å². The van der Waals surface area contributed by atoms with E-state index in [9.17, 15) is 9.59 Å². The molecule has 1 amide bonds. The van der Waals surface area contributed by atoms with Crippen molar-refractivity contribution in [3.8, 4) is 0 Å². The Kier molecular flexibility index (Phi) is 4.67. The van der Waals surface area contributed by atoms with Crippen LogP contribution in [-0.4, -0.2) is 65.0 Å². The molecule has 1 aromatic heterocycles. The Morgan fingerprint density at radius 3 is 2.43 bits per heavy atom. The van der Waals surface area contributed by atoms with Crippen LogP contribution < -0.4 is 0 Å². The van der Waals surface area contributed by atoms with Crippen molar-refractivity contribution >= 4 is 11.9 Å². The van der Waals surface area contributed by atoms with Crippen LogP contribution >= 0.6 is 0 Å². The molecule has 0 aliphatic carbocycles.